The van der Waals surface area contributed by atoms with Crippen molar-refractivity contribution < 1.29 is 14.0 Å². The van der Waals surface area contributed by atoms with E-state index in [2.05, 4.69) is 11.4 Å². The van der Waals surface area contributed by atoms with Crippen LogP contribution in [0.4, 0.5) is 20.6 Å². The van der Waals surface area contributed by atoms with Crippen molar-refractivity contribution in [3.63, 3.8) is 0 Å². The van der Waals surface area contributed by atoms with Crippen molar-refractivity contribution in [2.75, 3.05) is 22.5 Å². The van der Waals surface area contributed by atoms with Gasteiger partial charge in [0.15, 0.2) is 4.87 Å². The summed E-state index contributed by atoms with van der Waals surface area (Å²) in [7, 11) is 0. The van der Waals surface area contributed by atoms with E-state index < -0.39 is 16.7 Å². The van der Waals surface area contributed by atoms with Gasteiger partial charge in [0.05, 0.1) is 23.9 Å². The maximum absolute atomic E-state index is 14.4. The highest BCUT2D eigenvalue weighted by molar-refractivity contribution is 8.01. The lowest BCUT2D eigenvalue weighted by atomic mass is 10.1. The molecular weight excluding hydrogens is 475 g/mol. The van der Waals surface area contributed by atoms with Crippen molar-refractivity contribution in [3.05, 3.63) is 94.3 Å². The van der Waals surface area contributed by atoms with Crippen LogP contribution in [0.25, 0.3) is 0 Å². The van der Waals surface area contributed by atoms with E-state index >= 15 is 0 Å². The van der Waals surface area contributed by atoms with E-state index in [0.717, 1.165) is 5.56 Å². The number of anilines is 2. The van der Waals surface area contributed by atoms with Crippen LogP contribution in [0.5, 0.6) is 0 Å². The second kappa shape index (κ2) is 8.67. The molecule has 2 aliphatic heterocycles. The molecule has 34 heavy (non-hydrogen) atoms. The van der Waals surface area contributed by atoms with Gasteiger partial charge in [-0.15, -0.1) is 11.8 Å². The summed E-state index contributed by atoms with van der Waals surface area (Å²) in [6, 6.07) is 19.6. The van der Waals surface area contributed by atoms with Crippen LogP contribution in [0.15, 0.2) is 66.7 Å². The molecule has 1 spiro atoms. The van der Waals surface area contributed by atoms with Gasteiger partial charge in [0.25, 0.3) is 5.91 Å². The number of nitriles is 1. The Hall–Kier alpha value is -3.54. The Morgan fingerprint density at radius 3 is 2.79 bits per heavy atom. The standard InChI is InChI=1S/C25H18ClFN4O2S/c26-18-5-2-6-20(12-18)29-24(33)31-9-10-34-25(31)21-13-19(27)7-8-22(21)30(23(25)32)15-17-4-1-3-16(11-17)14-28/h1-8,11-13H,9-10,15H2,(H,29,33)/t25-/m0/s1. The molecule has 0 aromatic heterocycles. The molecule has 6 nitrogen and oxygen atoms in total. The summed E-state index contributed by atoms with van der Waals surface area (Å²) in [6.45, 7) is 0.509. The van der Waals surface area contributed by atoms with Crippen molar-refractivity contribution in [2.45, 2.75) is 11.4 Å². The van der Waals surface area contributed by atoms with Crippen molar-refractivity contribution >= 4 is 46.7 Å². The van der Waals surface area contributed by atoms with E-state index in [0.29, 0.717) is 39.8 Å². The molecule has 1 fully saturated rings. The number of nitrogens with one attached hydrogen (secondary N) is 1. The number of nitrogens with zero attached hydrogens (tertiary/aromatic N) is 3. The SMILES string of the molecule is N#Cc1cccc(CN2C(=O)[C@@]3(SCCN3C(=O)Nc3cccc(Cl)c3)c3cc(F)ccc32)c1. The molecule has 0 saturated carbocycles. The van der Waals surface area contributed by atoms with Crippen LogP contribution in [0, 0.1) is 17.1 Å². The molecule has 9 heteroatoms. The first-order valence-corrected chi connectivity index (χ1v) is 11.9. The molecule has 2 aliphatic rings. The molecule has 170 valence electrons. The number of thioether (sulfide) groups is 1. The van der Waals surface area contributed by atoms with Crippen molar-refractivity contribution in [3.8, 4) is 6.07 Å². The minimum absolute atomic E-state index is 0.193. The Morgan fingerprint density at radius 2 is 2.00 bits per heavy atom. The number of rotatable bonds is 3. The first-order chi connectivity index (χ1) is 16.4. The van der Waals surface area contributed by atoms with Gasteiger partial charge < -0.3 is 10.2 Å². The third kappa shape index (κ3) is 3.67. The van der Waals surface area contributed by atoms with Gasteiger partial charge in [0.2, 0.25) is 0 Å². The van der Waals surface area contributed by atoms with Gasteiger partial charge in [0.1, 0.15) is 5.82 Å². The van der Waals surface area contributed by atoms with E-state index in [1.54, 1.807) is 53.4 Å². The lowest BCUT2D eigenvalue weighted by Gasteiger charge is -2.33. The summed E-state index contributed by atoms with van der Waals surface area (Å²) < 4.78 is 14.4. The van der Waals surface area contributed by atoms with Crippen LogP contribution >= 0.6 is 23.4 Å². The molecular formula is C25H18ClFN4O2S. The molecule has 3 aromatic rings. The summed E-state index contributed by atoms with van der Waals surface area (Å²) in [5.41, 5.74) is 2.73. The zero-order chi connectivity index (χ0) is 23.9. The molecule has 0 unspecified atom stereocenters. The Morgan fingerprint density at radius 1 is 1.18 bits per heavy atom. The van der Waals surface area contributed by atoms with E-state index in [1.807, 2.05) is 6.07 Å². The number of urea groups is 1. The summed E-state index contributed by atoms with van der Waals surface area (Å²) in [4.78, 5) is 28.9. The smallest absolute Gasteiger partial charge is 0.308 e. The minimum Gasteiger partial charge on any atom is -0.308 e. The highest BCUT2D eigenvalue weighted by atomic mass is 35.5. The monoisotopic (exact) mass is 492 g/mol. The fraction of sp³-hybridized carbons (Fsp3) is 0.160. The number of fused-ring (bicyclic) bond motifs is 2. The number of benzene rings is 3. The first kappa shape index (κ1) is 22.3. The molecule has 0 bridgehead atoms. The largest absolute Gasteiger partial charge is 0.323 e. The third-order valence-electron chi connectivity index (χ3n) is 5.87. The van der Waals surface area contributed by atoms with E-state index in [-0.39, 0.29) is 12.5 Å². The molecule has 1 saturated heterocycles. The minimum atomic E-state index is -1.38. The zero-order valence-electron chi connectivity index (χ0n) is 17.8. The van der Waals surface area contributed by atoms with Gasteiger partial charge in [-0.3, -0.25) is 9.69 Å². The van der Waals surface area contributed by atoms with Crippen LogP contribution in [0.2, 0.25) is 5.02 Å². The number of amides is 3. The second-order valence-electron chi connectivity index (χ2n) is 7.95. The van der Waals surface area contributed by atoms with Gasteiger partial charge in [-0.2, -0.15) is 5.26 Å². The van der Waals surface area contributed by atoms with Crippen LogP contribution in [0.3, 0.4) is 0 Å². The normalized spacial score (nSPS) is 18.8. The highest BCUT2D eigenvalue weighted by Crippen LogP contribution is 2.54. The Kier molecular flexibility index (Phi) is 5.68. The van der Waals surface area contributed by atoms with E-state index in [1.165, 1.54) is 28.8 Å². The number of carbonyl (C=O) groups is 2. The van der Waals surface area contributed by atoms with Crippen LogP contribution in [0.1, 0.15) is 16.7 Å². The van der Waals surface area contributed by atoms with Gasteiger partial charge in [0, 0.05) is 28.6 Å². The molecule has 0 aliphatic carbocycles. The summed E-state index contributed by atoms with van der Waals surface area (Å²) in [5.74, 6) is -0.288. The maximum atomic E-state index is 14.4. The predicted molar refractivity (Wildman–Crippen MR) is 130 cm³/mol. The van der Waals surface area contributed by atoms with Crippen molar-refractivity contribution in [1.29, 1.82) is 5.26 Å². The summed E-state index contributed by atoms with van der Waals surface area (Å²) in [5, 5.41) is 12.5. The van der Waals surface area contributed by atoms with Crippen LogP contribution < -0.4 is 10.2 Å². The predicted octanol–water partition coefficient (Wildman–Crippen LogP) is 5.33. The Labute approximate surface area is 204 Å². The number of carbonyl (C=O) groups excluding carboxylic acids is 2. The average molecular weight is 493 g/mol. The van der Waals surface area contributed by atoms with Gasteiger partial charge in [-0.05, 0) is 54.1 Å². The van der Waals surface area contributed by atoms with Gasteiger partial charge in [-0.1, -0.05) is 29.8 Å². The van der Waals surface area contributed by atoms with E-state index in [4.69, 9.17) is 11.6 Å². The first-order valence-electron chi connectivity index (χ1n) is 10.5. The fourth-order valence-electron chi connectivity index (χ4n) is 4.42. The van der Waals surface area contributed by atoms with Gasteiger partial charge in [-0.25, -0.2) is 9.18 Å². The average Bonchev–Trinajstić information content (AvgIpc) is 3.36. The number of halogens is 2. The zero-order valence-corrected chi connectivity index (χ0v) is 19.4. The summed E-state index contributed by atoms with van der Waals surface area (Å²) in [6.07, 6.45) is 0. The summed E-state index contributed by atoms with van der Waals surface area (Å²) >= 11 is 7.35. The Bertz CT molecular complexity index is 1360. The topological polar surface area (TPSA) is 76.4 Å². The van der Waals surface area contributed by atoms with Crippen molar-refractivity contribution in [2.24, 2.45) is 0 Å². The Balaban J connectivity index is 1.53. The van der Waals surface area contributed by atoms with Crippen LogP contribution in [-0.4, -0.2) is 29.1 Å². The van der Waals surface area contributed by atoms with Crippen LogP contribution in [-0.2, 0) is 16.2 Å². The van der Waals surface area contributed by atoms with Crippen molar-refractivity contribution in [1.82, 2.24) is 4.90 Å². The van der Waals surface area contributed by atoms with Gasteiger partial charge >= 0.3 is 6.03 Å². The molecule has 2 heterocycles. The lowest BCUT2D eigenvalue weighted by molar-refractivity contribution is -0.123. The molecule has 1 atom stereocenters. The van der Waals surface area contributed by atoms with E-state index in [9.17, 15) is 19.2 Å². The fourth-order valence-corrected chi connectivity index (χ4v) is 6.07. The molecule has 3 amide bonds. The quantitative estimate of drug-likeness (QED) is 0.536. The molecule has 1 N–H and O–H groups in total. The number of hydrogen-bond donors (Lipinski definition) is 1. The molecule has 0 radical (unpaired) electrons. The lowest BCUT2D eigenvalue weighted by Crippen LogP contribution is -2.51. The third-order valence-corrected chi connectivity index (χ3v) is 7.53. The number of hydrogen-bond acceptors (Lipinski definition) is 4. The second-order valence-corrected chi connectivity index (χ2v) is 9.67. The molecule has 3 aromatic carbocycles. The maximum Gasteiger partial charge on any atom is 0.323 e. The highest BCUT2D eigenvalue weighted by Gasteiger charge is 2.59. The molecule has 5 rings (SSSR count).